The number of nitrogens with zero attached hydrogens (tertiary/aromatic N) is 3. The Hall–Kier alpha value is -2.70. The number of aromatic nitrogens is 2. The smallest absolute Gasteiger partial charge is 0.269 e. The van der Waals surface area contributed by atoms with Gasteiger partial charge >= 0.3 is 0 Å². The first-order valence-corrected chi connectivity index (χ1v) is 9.84. The monoisotopic (exact) mass is 388 g/mol. The Morgan fingerprint density at radius 3 is 2.61 bits per heavy atom. The number of hydrogen-bond donors (Lipinski definition) is 1. The van der Waals surface area contributed by atoms with Gasteiger partial charge < -0.3 is 9.80 Å². The van der Waals surface area contributed by atoms with Crippen LogP contribution in [0.5, 0.6) is 0 Å². The van der Waals surface area contributed by atoms with E-state index in [0.717, 1.165) is 23.2 Å². The van der Waals surface area contributed by atoms with E-state index in [1.54, 1.807) is 17.2 Å². The molecule has 7 heteroatoms. The number of carbonyl (C=O) groups excluding carboxylic acids is 1. The van der Waals surface area contributed by atoms with Crippen LogP contribution in [-0.4, -0.2) is 40.6 Å². The lowest BCUT2D eigenvalue weighted by molar-refractivity contribution is -0.131. The molecule has 0 saturated carbocycles. The highest BCUT2D eigenvalue weighted by atomic mass is 19.1. The van der Waals surface area contributed by atoms with Crippen molar-refractivity contribution >= 4 is 11.6 Å². The van der Waals surface area contributed by atoms with Gasteiger partial charge in [-0.25, -0.2) is 9.49 Å². The van der Waals surface area contributed by atoms with Gasteiger partial charge in [-0.1, -0.05) is 33.3 Å². The molecule has 1 aromatic carbocycles. The standard InChI is InChI=1S/C19H23FN4O2.C2H6/c1-3-4-16-17(10-21-22-19(16)26)23-7-8-24(18(25)12-23)11-14-5-6-15(20)9-13(14)2;1-2/h5-6,9-10H,3-4,7-8,11-12H2,1-2H3,(H,22,26);1-2H3. The minimum absolute atomic E-state index is 0.0114. The number of piperazine rings is 1. The molecule has 1 amide bonds. The summed E-state index contributed by atoms with van der Waals surface area (Å²) in [5, 5.41) is 6.36. The number of nitrogens with one attached hydrogen (secondary N) is 1. The first-order valence-electron chi connectivity index (χ1n) is 9.84. The Morgan fingerprint density at radius 1 is 1.21 bits per heavy atom. The van der Waals surface area contributed by atoms with Gasteiger partial charge in [-0.15, -0.1) is 0 Å². The average molecular weight is 388 g/mol. The lowest BCUT2D eigenvalue weighted by atomic mass is 10.1. The van der Waals surface area contributed by atoms with Crippen molar-refractivity contribution in [1.82, 2.24) is 15.1 Å². The topological polar surface area (TPSA) is 69.3 Å². The largest absolute Gasteiger partial charge is 0.359 e. The normalized spacial score (nSPS) is 14.0. The molecule has 1 aliphatic rings. The predicted molar refractivity (Wildman–Crippen MR) is 109 cm³/mol. The summed E-state index contributed by atoms with van der Waals surface area (Å²) in [6.07, 6.45) is 3.12. The Labute approximate surface area is 165 Å². The van der Waals surface area contributed by atoms with Crippen LogP contribution >= 0.6 is 0 Å². The number of carbonyl (C=O) groups is 1. The Bertz CT molecular complexity index is 866. The summed E-state index contributed by atoms with van der Waals surface area (Å²) in [5.41, 5.74) is 3.00. The van der Waals surface area contributed by atoms with Crippen molar-refractivity contribution in [1.29, 1.82) is 0 Å². The summed E-state index contributed by atoms with van der Waals surface area (Å²) in [6, 6.07) is 4.63. The molecule has 152 valence electrons. The van der Waals surface area contributed by atoms with Crippen molar-refractivity contribution in [2.75, 3.05) is 24.5 Å². The van der Waals surface area contributed by atoms with Crippen molar-refractivity contribution in [3.63, 3.8) is 0 Å². The van der Waals surface area contributed by atoms with Crippen LogP contribution < -0.4 is 10.5 Å². The molecular weight excluding hydrogens is 359 g/mol. The zero-order valence-electron chi connectivity index (χ0n) is 17.1. The Kier molecular flexibility index (Phi) is 7.72. The first-order chi connectivity index (χ1) is 13.5. The molecule has 1 N–H and O–H groups in total. The van der Waals surface area contributed by atoms with Gasteiger partial charge in [-0.05, 0) is 36.6 Å². The maximum atomic E-state index is 13.3. The van der Waals surface area contributed by atoms with Crippen molar-refractivity contribution in [3.05, 3.63) is 57.3 Å². The van der Waals surface area contributed by atoms with Gasteiger partial charge in [-0.3, -0.25) is 9.59 Å². The second kappa shape index (κ2) is 10.0. The molecule has 1 fully saturated rings. The number of H-pyrrole nitrogens is 1. The third kappa shape index (κ3) is 4.97. The molecule has 0 aliphatic carbocycles. The van der Waals surface area contributed by atoms with E-state index >= 15 is 0 Å². The summed E-state index contributed by atoms with van der Waals surface area (Å²) in [4.78, 5) is 28.4. The second-order valence-electron chi connectivity index (χ2n) is 6.62. The Balaban J connectivity index is 0.00000136. The second-order valence-corrected chi connectivity index (χ2v) is 6.62. The van der Waals surface area contributed by atoms with Crippen LogP contribution in [0.15, 0.2) is 29.2 Å². The summed E-state index contributed by atoms with van der Waals surface area (Å²) in [5.74, 6) is -0.282. The highest BCUT2D eigenvalue weighted by Gasteiger charge is 2.26. The van der Waals surface area contributed by atoms with E-state index in [0.29, 0.717) is 31.6 Å². The number of aromatic amines is 1. The number of anilines is 1. The van der Waals surface area contributed by atoms with Crippen molar-refractivity contribution < 1.29 is 9.18 Å². The van der Waals surface area contributed by atoms with E-state index < -0.39 is 0 Å². The fourth-order valence-corrected chi connectivity index (χ4v) is 3.30. The van der Waals surface area contributed by atoms with Gasteiger partial charge in [0.05, 0.1) is 18.4 Å². The molecule has 28 heavy (non-hydrogen) atoms. The minimum atomic E-state index is -0.271. The van der Waals surface area contributed by atoms with Gasteiger partial charge in [0, 0.05) is 25.2 Å². The van der Waals surface area contributed by atoms with E-state index in [1.807, 2.05) is 32.6 Å². The lowest BCUT2D eigenvalue weighted by Crippen LogP contribution is -2.50. The molecule has 0 atom stereocenters. The SMILES string of the molecule is CC.CCCc1c(N2CCN(Cc3ccc(F)cc3C)C(=O)C2)cn[nH]c1=O. The van der Waals surface area contributed by atoms with E-state index in [-0.39, 0.29) is 23.8 Å². The maximum Gasteiger partial charge on any atom is 0.269 e. The molecule has 0 unspecified atom stereocenters. The summed E-state index contributed by atoms with van der Waals surface area (Å²) in [6.45, 7) is 9.72. The molecule has 6 nitrogen and oxygen atoms in total. The lowest BCUT2D eigenvalue weighted by Gasteiger charge is -2.36. The summed E-state index contributed by atoms with van der Waals surface area (Å²) >= 11 is 0. The zero-order valence-corrected chi connectivity index (χ0v) is 17.1. The fourth-order valence-electron chi connectivity index (χ4n) is 3.30. The molecule has 0 spiro atoms. The van der Waals surface area contributed by atoms with Gasteiger partial charge in [0.15, 0.2) is 0 Å². The van der Waals surface area contributed by atoms with Crippen LogP contribution in [0.25, 0.3) is 0 Å². The van der Waals surface area contributed by atoms with Crippen molar-refractivity contribution in [3.8, 4) is 0 Å². The minimum Gasteiger partial charge on any atom is -0.359 e. The van der Waals surface area contributed by atoms with Gasteiger partial charge in [0.1, 0.15) is 5.82 Å². The van der Waals surface area contributed by atoms with E-state index in [2.05, 4.69) is 10.2 Å². The third-order valence-electron chi connectivity index (χ3n) is 4.76. The molecular formula is C21H29FN4O2. The van der Waals surface area contributed by atoms with Crippen LogP contribution in [0.4, 0.5) is 10.1 Å². The summed E-state index contributed by atoms with van der Waals surface area (Å²) in [7, 11) is 0. The number of benzene rings is 1. The van der Waals surface area contributed by atoms with Crippen molar-refractivity contribution in [2.45, 2.75) is 47.1 Å². The summed E-state index contributed by atoms with van der Waals surface area (Å²) < 4.78 is 13.3. The van der Waals surface area contributed by atoms with Crippen LogP contribution in [0.2, 0.25) is 0 Å². The van der Waals surface area contributed by atoms with Crippen molar-refractivity contribution in [2.24, 2.45) is 0 Å². The van der Waals surface area contributed by atoms with E-state index in [4.69, 9.17) is 0 Å². The van der Waals surface area contributed by atoms with Crippen LogP contribution in [0, 0.1) is 12.7 Å². The number of hydrogen-bond acceptors (Lipinski definition) is 4. The average Bonchev–Trinajstić information content (AvgIpc) is 2.68. The van der Waals surface area contributed by atoms with Crippen LogP contribution in [0.3, 0.4) is 0 Å². The van der Waals surface area contributed by atoms with Gasteiger partial charge in [-0.2, -0.15) is 5.10 Å². The molecule has 3 rings (SSSR count). The number of rotatable bonds is 5. The molecule has 1 saturated heterocycles. The fraction of sp³-hybridized carbons (Fsp3) is 0.476. The van der Waals surface area contributed by atoms with Gasteiger partial charge in [0.2, 0.25) is 5.91 Å². The van der Waals surface area contributed by atoms with E-state index in [1.165, 1.54) is 12.1 Å². The third-order valence-corrected chi connectivity index (χ3v) is 4.76. The quantitative estimate of drug-likeness (QED) is 0.855. The highest BCUT2D eigenvalue weighted by Crippen LogP contribution is 2.21. The van der Waals surface area contributed by atoms with Gasteiger partial charge in [0.25, 0.3) is 5.56 Å². The Morgan fingerprint density at radius 2 is 1.96 bits per heavy atom. The maximum absolute atomic E-state index is 13.3. The molecule has 0 radical (unpaired) electrons. The molecule has 2 heterocycles. The molecule has 2 aromatic rings. The van der Waals surface area contributed by atoms with E-state index in [9.17, 15) is 14.0 Å². The molecule has 1 aliphatic heterocycles. The predicted octanol–water partition coefficient (Wildman–Crippen LogP) is 3.04. The first kappa shape index (κ1) is 21.6. The highest BCUT2D eigenvalue weighted by molar-refractivity contribution is 5.83. The number of aryl methyl sites for hydroxylation is 1. The molecule has 0 bridgehead atoms. The molecule has 1 aromatic heterocycles. The van der Waals surface area contributed by atoms with Crippen LogP contribution in [0.1, 0.15) is 43.9 Å². The number of halogens is 1. The zero-order chi connectivity index (χ0) is 20.7. The number of amides is 1. The van der Waals surface area contributed by atoms with Crippen LogP contribution in [-0.2, 0) is 17.8 Å².